The summed E-state index contributed by atoms with van der Waals surface area (Å²) in [6, 6.07) is 68.0. The van der Waals surface area contributed by atoms with E-state index in [1.807, 2.05) is 6.07 Å². The van der Waals surface area contributed by atoms with Crippen LogP contribution in [0.25, 0.3) is 111 Å². The van der Waals surface area contributed by atoms with Gasteiger partial charge in [-0.15, -0.1) is 0 Å². The molecule has 0 fully saturated rings. The molecule has 3 heterocycles. The molecule has 0 aliphatic heterocycles. The molecule has 1 aliphatic rings. The second-order valence-corrected chi connectivity index (χ2v) is 19.5. The van der Waals surface area contributed by atoms with Crippen LogP contribution in [-0.4, -0.2) is 24.1 Å². The second kappa shape index (κ2) is 14.3. The molecule has 5 heteroatoms. The van der Waals surface area contributed by atoms with Crippen LogP contribution in [0, 0.1) is 0 Å². The highest BCUT2D eigenvalue weighted by Crippen LogP contribution is 2.50. The van der Waals surface area contributed by atoms with Crippen LogP contribution in [0.2, 0.25) is 0 Å². The van der Waals surface area contributed by atoms with Crippen molar-refractivity contribution < 1.29 is 0 Å². The summed E-state index contributed by atoms with van der Waals surface area (Å²) in [5.74, 6) is 1.83. The molecule has 0 N–H and O–H groups in total. The zero-order valence-electron chi connectivity index (χ0n) is 37.5. The van der Waals surface area contributed by atoms with Crippen molar-refractivity contribution in [2.75, 3.05) is 0 Å². The molecule has 0 saturated carbocycles. The predicted octanol–water partition coefficient (Wildman–Crippen LogP) is 15.7. The number of rotatable bonds is 5. The Hall–Kier alpha value is -7.89. The van der Waals surface area contributed by atoms with E-state index in [1.165, 1.54) is 60.2 Å². The maximum absolute atomic E-state index is 5.53. The van der Waals surface area contributed by atoms with E-state index in [1.54, 1.807) is 0 Å². The second-order valence-electron chi connectivity index (χ2n) is 19.5. The van der Waals surface area contributed by atoms with Gasteiger partial charge < -0.3 is 4.57 Å². The summed E-state index contributed by atoms with van der Waals surface area (Å²) in [4.78, 5) is 16.2. The van der Waals surface area contributed by atoms with Gasteiger partial charge in [0.1, 0.15) is 0 Å². The van der Waals surface area contributed by atoms with Crippen molar-refractivity contribution in [3.8, 4) is 45.5 Å². The molecular weight excluding hydrogens is 803 g/mol. The molecule has 0 unspecified atom stereocenters. The van der Waals surface area contributed by atoms with E-state index < -0.39 is 0 Å². The van der Waals surface area contributed by atoms with Crippen LogP contribution in [0.5, 0.6) is 0 Å². The number of hydrogen-bond donors (Lipinski definition) is 0. The molecule has 12 aromatic rings. The Balaban J connectivity index is 1.16. The van der Waals surface area contributed by atoms with Crippen LogP contribution in [0.4, 0.5) is 0 Å². The molecule has 9 aromatic carbocycles. The monoisotopic (exact) mass is 849 g/mol. The normalized spacial score (nSPS) is 14.5. The quantitative estimate of drug-likeness (QED) is 0.173. The first-order valence-electron chi connectivity index (χ1n) is 23.2. The smallest absolute Gasteiger partial charge is 0.238 e. The molecule has 0 radical (unpaired) electrons. The molecule has 316 valence electrons. The maximum Gasteiger partial charge on any atom is 0.238 e. The van der Waals surface area contributed by atoms with Gasteiger partial charge in [-0.05, 0) is 116 Å². The Labute approximate surface area is 383 Å². The SMILES string of the molecule is CC1(C)CCC(C)(C)c2cc3c(cc21)c1cc2c(cc1n3-c1ccccc1)c1c3ccccc3ccc1n2-c1nc(-c2ccccc2)nc(-c2ccc(-c3ccccc3)c3ccccc23)n1. The number of fused-ring (bicyclic) bond motifs is 10. The highest BCUT2D eigenvalue weighted by atomic mass is 15.2. The van der Waals surface area contributed by atoms with E-state index in [4.69, 9.17) is 15.0 Å². The maximum atomic E-state index is 5.53. The molecule has 13 rings (SSSR count). The van der Waals surface area contributed by atoms with Crippen molar-refractivity contribution in [1.82, 2.24) is 24.1 Å². The van der Waals surface area contributed by atoms with Gasteiger partial charge in [-0.25, -0.2) is 4.98 Å². The van der Waals surface area contributed by atoms with Gasteiger partial charge >= 0.3 is 0 Å². The number of aromatic nitrogens is 5. The molecular formula is C61H47N5. The Bertz CT molecular complexity index is 3920. The number of hydrogen-bond acceptors (Lipinski definition) is 3. The summed E-state index contributed by atoms with van der Waals surface area (Å²) in [7, 11) is 0. The average Bonchev–Trinajstić information content (AvgIpc) is 3.86. The molecule has 3 aromatic heterocycles. The zero-order chi connectivity index (χ0) is 44.3. The van der Waals surface area contributed by atoms with Gasteiger partial charge in [-0.1, -0.05) is 167 Å². The first-order chi connectivity index (χ1) is 32.2. The molecule has 0 atom stereocenters. The fraction of sp³-hybridized carbons (Fsp3) is 0.131. The van der Waals surface area contributed by atoms with Crippen molar-refractivity contribution in [2.45, 2.75) is 51.4 Å². The van der Waals surface area contributed by atoms with E-state index in [-0.39, 0.29) is 10.8 Å². The van der Waals surface area contributed by atoms with Gasteiger partial charge in [0.05, 0.1) is 22.1 Å². The van der Waals surface area contributed by atoms with E-state index >= 15 is 0 Å². The van der Waals surface area contributed by atoms with Crippen molar-refractivity contribution in [2.24, 2.45) is 0 Å². The highest BCUT2D eigenvalue weighted by molar-refractivity contribution is 6.25. The lowest BCUT2D eigenvalue weighted by Gasteiger charge is -2.42. The first-order valence-corrected chi connectivity index (χ1v) is 23.2. The van der Waals surface area contributed by atoms with E-state index in [2.05, 4.69) is 219 Å². The third-order valence-electron chi connectivity index (χ3n) is 14.6. The van der Waals surface area contributed by atoms with Gasteiger partial charge in [-0.3, -0.25) is 4.57 Å². The van der Waals surface area contributed by atoms with Crippen LogP contribution in [-0.2, 0) is 10.8 Å². The number of nitrogens with zero attached hydrogens (tertiary/aromatic N) is 5. The standard InChI is InChI=1S/C61H47N5/c1-60(2)32-33-61(3,4)51-37-55-47(34-50(51)60)48-35-54-49(36-53(48)65(55)41-23-12-7-13-24-41)56-43-25-15-14-20-39(43)28-31-52(56)66(54)59-63-57(40-21-10-6-11-22-40)62-58(64-59)46-30-29-42(38-18-8-5-9-19-38)44-26-16-17-27-45(44)46/h5-31,34-37H,32-33H2,1-4H3. The van der Waals surface area contributed by atoms with Gasteiger partial charge in [0, 0.05) is 38.4 Å². The van der Waals surface area contributed by atoms with Gasteiger partial charge in [0.2, 0.25) is 5.95 Å². The van der Waals surface area contributed by atoms with E-state index in [0.29, 0.717) is 17.6 Å². The van der Waals surface area contributed by atoms with E-state index in [0.717, 1.165) is 56.8 Å². The number of para-hydroxylation sites is 1. The lowest BCUT2D eigenvalue weighted by molar-refractivity contribution is 0.332. The lowest BCUT2D eigenvalue weighted by atomic mass is 9.63. The molecule has 5 nitrogen and oxygen atoms in total. The largest absolute Gasteiger partial charge is 0.309 e. The van der Waals surface area contributed by atoms with Crippen molar-refractivity contribution in [1.29, 1.82) is 0 Å². The Morgan fingerprint density at radius 1 is 0.379 bits per heavy atom. The first kappa shape index (κ1) is 38.6. The molecule has 0 saturated heterocycles. The highest BCUT2D eigenvalue weighted by Gasteiger charge is 2.38. The van der Waals surface area contributed by atoms with Gasteiger partial charge in [0.15, 0.2) is 11.6 Å². The summed E-state index contributed by atoms with van der Waals surface area (Å²) in [6.07, 6.45) is 2.31. The average molecular weight is 850 g/mol. The van der Waals surface area contributed by atoms with Crippen molar-refractivity contribution in [3.63, 3.8) is 0 Å². The van der Waals surface area contributed by atoms with Crippen LogP contribution >= 0.6 is 0 Å². The molecule has 1 aliphatic carbocycles. The van der Waals surface area contributed by atoms with Crippen LogP contribution in [0.3, 0.4) is 0 Å². The summed E-state index contributed by atoms with van der Waals surface area (Å²) >= 11 is 0. The summed E-state index contributed by atoms with van der Waals surface area (Å²) in [6.45, 7) is 9.69. The molecule has 0 spiro atoms. The van der Waals surface area contributed by atoms with Crippen LogP contribution < -0.4 is 0 Å². The van der Waals surface area contributed by atoms with Crippen LogP contribution in [0.1, 0.15) is 51.7 Å². The summed E-state index contributed by atoms with van der Waals surface area (Å²) in [5.41, 5.74) is 12.9. The number of benzene rings is 9. The summed E-state index contributed by atoms with van der Waals surface area (Å²) < 4.78 is 4.79. The summed E-state index contributed by atoms with van der Waals surface area (Å²) in [5, 5.41) is 9.42. The topological polar surface area (TPSA) is 48.5 Å². The van der Waals surface area contributed by atoms with Gasteiger partial charge in [-0.2, -0.15) is 9.97 Å². The van der Waals surface area contributed by atoms with E-state index in [9.17, 15) is 0 Å². The third-order valence-corrected chi connectivity index (χ3v) is 14.6. The fourth-order valence-corrected chi connectivity index (χ4v) is 11.1. The fourth-order valence-electron chi connectivity index (χ4n) is 11.1. The van der Waals surface area contributed by atoms with Crippen LogP contribution in [0.15, 0.2) is 188 Å². The zero-order valence-corrected chi connectivity index (χ0v) is 37.5. The minimum Gasteiger partial charge on any atom is -0.309 e. The third kappa shape index (κ3) is 5.82. The van der Waals surface area contributed by atoms with Crippen molar-refractivity contribution in [3.05, 3.63) is 199 Å². The Morgan fingerprint density at radius 3 is 1.64 bits per heavy atom. The lowest BCUT2D eigenvalue weighted by Crippen LogP contribution is -2.33. The minimum atomic E-state index is 0.0523. The Morgan fingerprint density at radius 2 is 0.909 bits per heavy atom. The Kier molecular flexibility index (Phi) is 8.36. The minimum absolute atomic E-state index is 0.0523. The molecule has 0 bridgehead atoms. The van der Waals surface area contributed by atoms with Crippen molar-refractivity contribution >= 4 is 65.2 Å². The predicted molar refractivity (Wildman–Crippen MR) is 275 cm³/mol. The molecule has 66 heavy (non-hydrogen) atoms. The molecule has 0 amide bonds. The van der Waals surface area contributed by atoms with Gasteiger partial charge in [0.25, 0.3) is 0 Å².